The molecule has 0 saturated heterocycles. The van der Waals surface area contributed by atoms with E-state index in [0.29, 0.717) is 5.41 Å². The highest BCUT2D eigenvalue weighted by Gasteiger charge is 2.22. The number of rotatable bonds is 5. The van der Waals surface area contributed by atoms with E-state index < -0.39 is 0 Å². The largest absolute Gasteiger partial charge is 0.465 e. The minimum Gasteiger partial charge on any atom is -0.465 e. The molecule has 0 amide bonds. The third-order valence-electron chi connectivity index (χ3n) is 4.27. The number of hydrogen-bond acceptors (Lipinski definition) is 3. The summed E-state index contributed by atoms with van der Waals surface area (Å²) in [5.74, 6) is 2.11. The van der Waals surface area contributed by atoms with Gasteiger partial charge in [0.25, 0.3) is 0 Å². The van der Waals surface area contributed by atoms with Crippen molar-refractivity contribution in [3.8, 4) is 0 Å². The van der Waals surface area contributed by atoms with Crippen molar-refractivity contribution >= 4 is 0 Å². The lowest BCUT2D eigenvalue weighted by Gasteiger charge is -2.32. The van der Waals surface area contributed by atoms with E-state index in [2.05, 4.69) is 57.0 Å². The normalized spacial score (nSPS) is 17.1. The topological polar surface area (TPSA) is 28.4 Å². The van der Waals surface area contributed by atoms with Gasteiger partial charge in [0, 0.05) is 25.2 Å². The predicted molar refractivity (Wildman–Crippen MR) is 88.3 cm³/mol. The summed E-state index contributed by atoms with van der Waals surface area (Å²) in [4.78, 5) is 2.50. The minimum absolute atomic E-state index is 0.316. The van der Waals surface area contributed by atoms with Gasteiger partial charge in [-0.1, -0.05) is 39.3 Å². The molecule has 0 aliphatic carbocycles. The van der Waals surface area contributed by atoms with E-state index in [-0.39, 0.29) is 0 Å². The highest BCUT2D eigenvalue weighted by Crippen LogP contribution is 2.30. The van der Waals surface area contributed by atoms with Crippen molar-refractivity contribution < 1.29 is 4.42 Å². The molecular formula is C18H30N2O. The highest BCUT2D eigenvalue weighted by atomic mass is 16.3. The maximum absolute atomic E-state index is 5.83. The van der Waals surface area contributed by atoms with Gasteiger partial charge < -0.3 is 9.73 Å². The van der Waals surface area contributed by atoms with Gasteiger partial charge in [0.2, 0.25) is 0 Å². The van der Waals surface area contributed by atoms with Crippen LogP contribution in [0.4, 0.5) is 0 Å². The third kappa shape index (κ3) is 4.45. The number of hydrogen-bond donors (Lipinski definition) is 1. The third-order valence-corrected chi connectivity index (χ3v) is 4.27. The van der Waals surface area contributed by atoms with Gasteiger partial charge in [-0.3, -0.25) is 4.90 Å². The summed E-state index contributed by atoms with van der Waals surface area (Å²) in [7, 11) is 0. The van der Waals surface area contributed by atoms with Crippen molar-refractivity contribution in [1.82, 2.24) is 10.2 Å². The van der Waals surface area contributed by atoms with Crippen LogP contribution in [0.3, 0.4) is 0 Å². The Morgan fingerprint density at radius 1 is 1.33 bits per heavy atom. The summed E-state index contributed by atoms with van der Waals surface area (Å²) in [5, 5.41) is 3.31. The molecule has 118 valence electrons. The Labute approximate surface area is 129 Å². The van der Waals surface area contributed by atoms with Crippen LogP contribution in [-0.4, -0.2) is 24.5 Å². The van der Waals surface area contributed by atoms with Crippen LogP contribution in [0.5, 0.6) is 0 Å². The molecule has 1 aliphatic heterocycles. The van der Waals surface area contributed by atoms with Crippen molar-refractivity contribution in [3.05, 3.63) is 34.8 Å². The fourth-order valence-corrected chi connectivity index (χ4v) is 2.86. The molecular weight excluding hydrogens is 260 g/mol. The molecule has 0 spiro atoms. The van der Waals surface area contributed by atoms with E-state index in [4.69, 9.17) is 4.42 Å². The molecule has 1 N–H and O–H groups in total. The van der Waals surface area contributed by atoms with E-state index in [1.165, 1.54) is 12.0 Å². The number of nitrogens with one attached hydrogen (secondary N) is 1. The summed E-state index contributed by atoms with van der Waals surface area (Å²) < 4.78 is 5.83. The van der Waals surface area contributed by atoms with Crippen molar-refractivity contribution in [2.24, 2.45) is 5.41 Å². The summed E-state index contributed by atoms with van der Waals surface area (Å²) in [6.45, 7) is 16.1. The second-order valence-corrected chi connectivity index (χ2v) is 7.04. The zero-order valence-corrected chi connectivity index (χ0v) is 14.3. The minimum atomic E-state index is 0.316. The van der Waals surface area contributed by atoms with Crippen LogP contribution in [0.2, 0.25) is 0 Å². The lowest BCUT2D eigenvalue weighted by molar-refractivity contribution is 0.269. The Balaban J connectivity index is 1.94. The first-order valence-electron chi connectivity index (χ1n) is 8.11. The maximum Gasteiger partial charge on any atom is 0.118 e. The van der Waals surface area contributed by atoms with E-state index in [1.807, 2.05) is 0 Å². The first kappa shape index (κ1) is 16.3. The van der Waals surface area contributed by atoms with E-state index in [0.717, 1.165) is 44.2 Å². The van der Waals surface area contributed by atoms with Crippen LogP contribution in [0, 0.1) is 12.3 Å². The van der Waals surface area contributed by atoms with Crippen LogP contribution >= 0.6 is 0 Å². The molecule has 0 saturated carbocycles. The smallest absolute Gasteiger partial charge is 0.118 e. The molecule has 2 heterocycles. The zero-order chi connectivity index (χ0) is 15.5. The lowest BCUT2D eigenvalue weighted by Crippen LogP contribution is -2.30. The van der Waals surface area contributed by atoms with Gasteiger partial charge in [-0.15, -0.1) is 0 Å². The van der Waals surface area contributed by atoms with E-state index in [9.17, 15) is 0 Å². The molecule has 1 aromatic heterocycles. The zero-order valence-electron chi connectivity index (χ0n) is 14.3. The van der Waals surface area contributed by atoms with Gasteiger partial charge in [0.05, 0.1) is 6.54 Å². The highest BCUT2D eigenvalue weighted by molar-refractivity contribution is 5.22. The molecule has 0 fully saturated rings. The quantitative estimate of drug-likeness (QED) is 0.834. The molecule has 1 aromatic rings. The molecule has 21 heavy (non-hydrogen) atoms. The number of aryl methyl sites for hydroxylation is 1. The van der Waals surface area contributed by atoms with Crippen LogP contribution in [0.1, 0.15) is 51.2 Å². The second-order valence-electron chi connectivity index (χ2n) is 7.04. The van der Waals surface area contributed by atoms with Crippen LogP contribution in [0.25, 0.3) is 0 Å². The molecule has 0 atom stereocenters. The first-order chi connectivity index (χ1) is 9.90. The Morgan fingerprint density at radius 3 is 2.67 bits per heavy atom. The SMILES string of the molecule is CCNCc1cc(CN2CC=C(C(C)(C)C)CC2)c(C)o1. The van der Waals surface area contributed by atoms with Crippen LogP contribution < -0.4 is 5.32 Å². The average molecular weight is 290 g/mol. The Morgan fingerprint density at radius 2 is 2.10 bits per heavy atom. The molecule has 3 heteroatoms. The monoisotopic (exact) mass is 290 g/mol. The summed E-state index contributed by atoms with van der Waals surface area (Å²) in [5.41, 5.74) is 3.24. The van der Waals surface area contributed by atoms with E-state index >= 15 is 0 Å². The van der Waals surface area contributed by atoms with Crippen LogP contribution in [0.15, 0.2) is 22.1 Å². The van der Waals surface area contributed by atoms with Crippen LogP contribution in [-0.2, 0) is 13.1 Å². The van der Waals surface area contributed by atoms with E-state index in [1.54, 1.807) is 5.57 Å². The average Bonchev–Trinajstić information content (AvgIpc) is 2.76. The second kappa shape index (κ2) is 6.80. The molecule has 1 aliphatic rings. The molecule has 3 nitrogen and oxygen atoms in total. The standard InChI is InChI=1S/C18H30N2O/c1-6-19-12-17-11-15(14(2)21-17)13-20-9-7-16(8-10-20)18(3,4)5/h7,11,19H,6,8-10,12-13H2,1-5H3. The van der Waals surface area contributed by atoms with Gasteiger partial charge in [-0.05, 0) is 31.4 Å². The van der Waals surface area contributed by atoms with Crippen molar-refractivity contribution in [2.45, 2.75) is 54.1 Å². The van der Waals surface area contributed by atoms with Gasteiger partial charge in [0.1, 0.15) is 11.5 Å². The van der Waals surface area contributed by atoms with Gasteiger partial charge in [-0.2, -0.15) is 0 Å². The number of nitrogens with zero attached hydrogens (tertiary/aromatic N) is 1. The summed E-state index contributed by atoms with van der Waals surface area (Å²) in [6, 6.07) is 2.21. The molecule has 2 rings (SSSR count). The molecule has 0 bridgehead atoms. The molecule has 0 unspecified atom stereocenters. The molecule has 0 aromatic carbocycles. The fourth-order valence-electron chi connectivity index (χ4n) is 2.86. The lowest BCUT2D eigenvalue weighted by atomic mass is 9.83. The van der Waals surface area contributed by atoms with Gasteiger partial charge in [-0.25, -0.2) is 0 Å². The van der Waals surface area contributed by atoms with Crippen molar-refractivity contribution in [1.29, 1.82) is 0 Å². The Hall–Kier alpha value is -1.06. The number of furan rings is 1. The summed E-state index contributed by atoms with van der Waals surface area (Å²) in [6.07, 6.45) is 3.60. The first-order valence-corrected chi connectivity index (χ1v) is 8.11. The van der Waals surface area contributed by atoms with Crippen molar-refractivity contribution in [2.75, 3.05) is 19.6 Å². The van der Waals surface area contributed by atoms with Crippen molar-refractivity contribution in [3.63, 3.8) is 0 Å². The fraction of sp³-hybridized carbons (Fsp3) is 0.667. The predicted octanol–water partition coefficient (Wildman–Crippen LogP) is 3.88. The Kier molecular flexibility index (Phi) is 5.28. The van der Waals surface area contributed by atoms with Gasteiger partial charge >= 0.3 is 0 Å². The summed E-state index contributed by atoms with van der Waals surface area (Å²) >= 11 is 0. The molecule has 0 radical (unpaired) electrons. The van der Waals surface area contributed by atoms with Gasteiger partial charge in [0.15, 0.2) is 0 Å². The Bertz CT molecular complexity index is 494. The maximum atomic E-state index is 5.83.